The van der Waals surface area contributed by atoms with Crippen molar-refractivity contribution in [2.24, 2.45) is 5.92 Å². The molecule has 0 fully saturated rings. The molecule has 1 N–H and O–H groups in total. The van der Waals surface area contributed by atoms with Crippen LogP contribution in [0.1, 0.15) is 29.2 Å². The maximum atomic E-state index is 13.2. The highest BCUT2D eigenvalue weighted by Crippen LogP contribution is 2.36. The molecule has 0 saturated carbocycles. The van der Waals surface area contributed by atoms with Gasteiger partial charge in [-0.3, -0.25) is 9.59 Å². The number of rotatable bonds is 3. The van der Waals surface area contributed by atoms with E-state index in [1.807, 2.05) is 0 Å². The molecule has 6 nitrogen and oxygen atoms in total. The van der Waals surface area contributed by atoms with Crippen LogP contribution in [0.15, 0.2) is 0 Å². The van der Waals surface area contributed by atoms with Gasteiger partial charge in [0.05, 0.1) is 0 Å². The zero-order valence-corrected chi connectivity index (χ0v) is 12.6. The standard InChI is InChI=1S/C14H16F3N3O3/c1-7-18-10-4-3-8(13(23)20(2)6-11(21)22)5-9(10)12(19-7)14(15,16)17/h8H,3-6H2,1-2H3,(H,21,22). The van der Waals surface area contributed by atoms with Gasteiger partial charge in [-0.2, -0.15) is 13.2 Å². The first-order valence-electron chi connectivity index (χ1n) is 7.00. The number of nitrogens with zero attached hydrogens (tertiary/aromatic N) is 3. The average Bonchev–Trinajstić information content (AvgIpc) is 2.43. The van der Waals surface area contributed by atoms with Gasteiger partial charge in [-0.15, -0.1) is 0 Å². The lowest BCUT2D eigenvalue weighted by Gasteiger charge is -2.28. The molecular weight excluding hydrogens is 315 g/mol. The zero-order valence-electron chi connectivity index (χ0n) is 12.6. The van der Waals surface area contributed by atoms with Crippen molar-refractivity contribution in [1.29, 1.82) is 0 Å². The van der Waals surface area contributed by atoms with Gasteiger partial charge in [0.1, 0.15) is 12.4 Å². The molecule has 0 aromatic carbocycles. The number of hydrogen-bond donors (Lipinski definition) is 1. The molecule has 1 atom stereocenters. The molecule has 1 aliphatic rings. The number of halogens is 3. The van der Waals surface area contributed by atoms with E-state index in [0.29, 0.717) is 12.1 Å². The molecule has 0 saturated heterocycles. The number of hydrogen-bond acceptors (Lipinski definition) is 4. The van der Waals surface area contributed by atoms with Crippen LogP contribution in [-0.2, 0) is 28.6 Å². The number of amides is 1. The second-order valence-corrected chi connectivity index (χ2v) is 5.57. The van der Waals surface area contributed by atoms with Crippen LogP contribution in [0, 0.1) is 12.8 Å². The van der Waals surface area contributed by atoms with E-state index >= 15 is 0 Å². The van der Waals surface area contributed by atoms with Crippen LogP contribution < -0.4 is 0 Å². The number of alkyl halides is 3. The predicted octanol–water partition coefficient (Wildman–Crippen LogP) is 1.45. The van der Waals surface area contributed by atoms with Crippen LogP contribution in [-0.4, -0.2) is 45.4 Å². The Bertz CT molecular complexity index is 646. The molecule has 0 bridgehead atoms. The quantitative estimate of drug-likeness (QED) is 0.906. The third kappa shape index (κ3) is 3.77. The van der Waals surface area contributed by atoms with Crippen LogP contribution in [0.5, 0.6) is 0 Å². The van der Waals surface area contributed by atoms with Gasteiger partial charge in [-0.25, -0.2) is 9.97 Å². The van der Waals surface area contributed by atoms with Crippen molar-refractivity contribution in [2.75, 3.05) is 13.6 Å². The Morgan fingerprint density at radius 1 is 1.35 bits per heavy atom. The minimum atomic E-state index is -4.62. The number of carboxylic acid groups (broad SMARTS) is 1. The molecule has 1 heterocycles. The molecule has 1 unspecified atom stereocenters. The second kappa shape index (κ2) is 6.13. The summed E-state index contributed by atoms with van der Waals surface area (Å²) in [5.41, 5.74) is -0.746. The molecule has 1 amide bonds. The zero-order chi connectivity index (χ0) is 17.4. The highest BCUT2D eigenvalue weighted by Gasteiger charge is 2.40. The SMILES string of the molecule is Cc1nc2c(c(C(F)(F)F)n1)CC(C(=O)N(C)CC(=O)O)CC2. The lowest BCUT2D eigenvalue weighted by molar-refractivity contribution is -0.145. The third-order valence-corrected chi connectivity index (χ3v) is 3.75. The fourth-order valence-corrected chi connectivity index (χ4v) is 2.77. The van der Waals surface area contributed by atoms with Crippen LogP contribution in [0.25, 0.3) is 0 Å². The Balaban J connectivity index is 2.30. The fourth-order valence-electron chi connectivity index (χ4n) is 2.77. The van der Waals surface area contributed by atoms with Crippen molar-refractivity contribution in [3.8, 4) is 0 Å². The molecule has 0 spiro atoms. The van der Waals surface area contributed by atoms with E-state index in [1.165, 1.54) is 14.0 Å². The molecule has 126 valence electrons. The van der Waals surface area contributed by atoms with E-state index in [0.717, 1.165) is 4.90 Å². The van der Waals surface area contributed by atoms with Crippen molar-refractivity contribution in [3.05, 3.63) is 22.8 Å². The number of aromatic nitrogens is 2. The summed E-state index contributed by atoms with van der Waals surface area (Å²) < 4.78 is 39.5. The van der Waals surface area contributed by atoms with Gasteiger partial charge in [-0.05, 0) is 26.2 Å². The smallest absolute Gasteiger partial charge is 0.433 e. The lowest BCUT2D eigenvalue weighted by atomic mass is 9.84. The van der Waals surface area contributed by atoms with Gasteiger partial charge in [-0.1, -0.05) is 0 Å². The van der Waals surface area contributed by atoms with Crippen LogP contribution >= 0.6 is 0 Å². The molecule has 2 rings (SSSR count). The highest BCUT2D eigenvalue weighted by atomic mass is 19.4. The second-order valence-electron chi connectivity index (χ2n) is 5.57. The first kappa shape index (κ1) is 17.2. The van der Waals surface area contributed by atoms with E-state index in [2.05, 4.69) is 9.97 Å². The van der Waals surface area contributed by atoms with Gasteiger partial charge in [0.25, 0.3) is 0 Å². The van der Waals surface area contributed by atoms with Gasteiger partial charge < -0.3 is 10.0 Å². The summed E-state index contributed by atoms with van der Waals surface area (Å²) in [4.78, 5) is 31.4. The number of carbonyl (C=O) groups is 2. The number of carboxylic acids is 1. The maximum absolute atomic E-state index is 13.2. The lowest BCUT2D eigenvalue weighted by Crippen LogP contribution is -2.39. The third-order valence-electron chi connectivity index (χ3n) is 3.75. The van der Waals surface area contributed by atoms with E-state index in [-0.39, 0.29) is 24.2 Å². The minimum absolute atomic E-state index is 0.0452. The van der Waals surface area contributed by atoms with Crippen molar-refractivity contribution in [3.63, 3.8) is 0 Å². The Labute approximate surface area is 130 Å². The average molecular weight is 331 g/mol. The Kier molecular flexibility index (Phi) is 4.58. The number of likely N-dealkylation sites (N-methyl/N-ethyl adjacent to an activating group) is 1. The summed E-state index contributed by atoms with van der Waals surface area (Å²) in [5.74, 6) is -2.30. The van der Waals surface area contributed by atoms with Gasteiger partial charge in [0, 0.05) is 24.2 Å². The monoisotopic (exact) mass is 331 g/mol. The summed E-state index contributed by atoms with van der Waals surface area (Å²) >= 11 is 0. The summed E-state index contributed by atoms with van der Waals surface area (Å²) in [6, 6.07) is 0. The van der Waals surface area contributed by atoms with Crippen LogP contribution in [0.3, 0.4) is 0 Å². The topological polar surface area (TPSA) is 83.4 Å². The Hall–Kier alpha value is -2.19. The number of fused-ring (bicyclic) bond motifs is 1. The summed E-state index contributed by atoms with van der Waals surface area (Å²) in [6.07, 6.45) is -4.18. The Morgan fingerprint density at radius 2 is 2.00 bits per heavy atom. The maximum Gasteiger partial charge on any atom is 0.433 e. The fraction of sp³-hybridized carbons (Fsp3) is 0.571. The Morgan fingerprint density at radius 3 is 2.57 bits per heavy atom. The highest BCUT2D eigenvalue weighted by molar-refractivity contribution is 5.83. The van der Waals surface area contributed by atoms with E-state index in [4.69, 9.17) is 5.11 Å². The van der Waals surface area contributed by atoms with E-state index < -0.39 is 36.2 Å². The first-order valence-corrected chi connectivity index (χ1v) is 7.00. The van der Waals surface area contributed by atoms with Crippen LogP contribution in [0.4, 0.5) is 13.2 Å². The number of aliphatic carboxylic acids is 1. The van der Waals surface area contributed by atoms with Gasteiger partial charge in [0.2, 0.25) is 5.91 Å². The van der Waals surface area contributed by atoms with Crippen LogP contribution in [0.2, 0.25) is 0 Å². The molecule has 0 aliphatic heterocycles. The van der Waals surface area contributed by atoms with Gasteiger partial charge in [0.15, 0.2) is 5.69 Å². The largest absolute Gasteiger partial charge is 0.480 e. The molecule has 9 heteroatoms. The minimum Gasteiger partial charge on any atom is -0.480 e. The summed E-state index contributed by atoms with van der Waals surface area (Å²) in [6.45, 7) is 0.909. The molecule has 0 radical (unpaired) electrons. The molecule has 1 aromatic rings. The van der Waals surface area contributed by atoms with Gasteiger partial charge >= 0.3 is 12.1 Å². The summed E-state index contributed by atoms with van der Waals surface area (Å²) in [5, 5.41) is 8.71. The predicted molar refractivity (Wildman–Crippen MR) is 72.6 cm³/mol. The van der Waals surface area contributed by atoms with Crippen molar-refractivity contribution in [1.82, 2.24) is 14.9 Å². The first-order chi connectivity index (χ1) is 10.6. The molecular formula is C14H16F3N3O3. The van der Waals surface area contributed by atoms with Crippen molar-refractivity contribution < 1.29 is 27.9 Å². The number of carbonyl (C=O) groups excluding carboxylic acids is 1. The molecule has 23 heavy (non-hydrogen) atoms. The normalized spacial score (nSPS) is 17.5. The van der Waals surface area contributed by atoms with Crippen molar-refractivity contribution in [2.45, 2.75) is 32.4 Å². The van der Waals surface area contributed by atoms with E-state index in [1.54, 1.807) is 0 Å². The van der Waals surface area contributed by atoms with E-state index in [9.17, 15) is 22.8 Å². The summed E-state index contributed by atoms with van der Waals surface area (Å²) in [7, 11) is 1.32. The molecule has 1 aromatic heterocycles. The van der Waals surface area contributed by atoms with Crippen molar-refractivity contribution >= 4 is 11.9 Å². The molecule has 1 aliphatic carbocycles. The number of aryl methyl sites for hydroxylation is 2.